The van der Waals surface area contributed by atoms with Gasteiger partial charge in [-0.05, 0) is 0 Å². The van der Waals surface area contributed by atoms with E-state index in [9.17, 15) is 0 Å². The Morgan fingerprint density at radius 3 is 1.90 bits per heavy atom. The molecule has 0 atom stereocenters. The second kappa shape index (κ2) is 7.75. The number of rotatable bonds is 0. The third kappa shape index (κ3) is 5.43. The van der Waals surface area contributed by atoms with E-state index in [4.69, 9.17) is 0 Å². The summed E-state index contributed by atoms with van der Waals surface area (Å²) < 4.78 is 0. The van der Waals surface area contributed by atoms with E-state index in [2.05, 4.69) is 26.0 Å². The van der Waals surface area contributed by atoms with E-state index in [1.165, 1.54) is 11.1 Å². The fourth-order valence-corrected chi connectivity index (χ4v) is 0.745. The minimum Gasteiger partial charge on any atom is -1.00 e. The van der Waals surface area contributed by atoms with Gasteiger partial charge in [-0.15, -0.1) is 0 Å². The molecule has 0 aromatic rings. The first-order chi connectivity index (χ1) is 3.29. The summed E-state index contributed by atoms with van der Waals surface area (Å²) in [6, 6.07) is 0. The van der Waals surface area contributed by atoms with Crippen LogP contribution in [0.5, 0.6) is 0 Å². The van der Waals surface area contributed by atoms with Crippen LogP contribution in [-0.2, 0) is 18.6 Å². The first kappa shape index (κ1) is 16.9. The molecule has 1 aliphatic rings. The monoisotopic (exact) mass is 214 g/mol. The van der Waals surface area contributed by atoms with Crippen LogP contribution < -0.4 is 24.8 Å². The van der Waals surface area contributed by atoms with Crippen molar-refractivity contribution in [3.63, 3.8) is 0 Å². The Hall–Kier alpha value is 0.644. The average molecular weight is 215 g/mol. The summed E-state index contributed by atoms with van der Waals surface area (Å²) in [6.45, 7) is 4.18. The van der Waals surface area contributed by atoms with Crippen molar-refractivity contribution < 1.29 is 43.4 Å². The topological polar surface area (TPSA) is 0 Å². The van der Waals surface area contributed by atoms with Gasteiger partial charge in [0.15, 0.2) is 0 Å². The van der Waals surface area contributed by atoms with Crippen molar-refractivity contribution in [1.29, 1.82) is 0 Å². The molecular formula is C7H9Cl2V-. The van der Waals surface area contributed by atoms with Gasteiger partial charge in [0.2, 0.25) is 0 Å². The molecule has 0 spiro atoms. The maximum atomic E-state index is 3.19. The summed E-state index contributed by atoms with van der Waals surface area (Å²) in [5.74, 6) is 0. The summed E-state index contributed by atoms with van der Waals surface area (Å²) in [5, 5.41) is 0. The smallest absolute Gasteiger partial charge is 1.00 e. The van der Waals surface area contributed by atoms with Crippen molar-refractivity contribution in [1.82, 2.24) is 0 Å². The zero-order valence-electron chi connectivity index (χ0n) is 5.99. The second-order valence-corrected chi connectivity index (χ2v) is 2.00. The van der Waals surface area contributed by atoms with E-state index in [-0.39, 0.29) is 43.4 Å². The van der Waals surface area contributed by atoms with Gasteiger partial charge in [0.05, 0.1) is 0 Å². The molecule has 0 unspecified atom stereocenters. The SMILES string of the molecule is CC1=[C-]C(C)=CC1.[Cl-].[Cl-].[V+2]. The van der Waals surface area contributed by atoms with Gasteiger partial charge in [0.1, 0.15) is 0 Å². The van der Waals surface area contributed by atoms with Crippen LogP contribution >= 0.6 is 0 Å². The van der Waals surface area contributed by atoms with Crippen molar-refractivity contribution in [2.45, 2.75) is 20.3 Å². The van der Waals surface area contributed by atoms with Gasteiger partial charge in [0, 0.05) is 0 Å². The molecule has 0 aromatic heterocycles. The molecule has 0 saturated carbocycles. The predicted molar refractivity (Wildman–Crippen MR) is 30.8 cm³/mol. The van der Waals surface area contributed by atoms with Crippen LogP contribution in [0.4, 0.5) is 0 Å². The van der Waals surface area contributed by atoms with E-state index >= 15 is 0 Å². The van der Waals surface area contributed by atoms with Crippen molar-refractivity contribution in [2.75, 3.05) is 0 Å². The van der Waals surface area contributed by atoms with E-state index in [0.717, 1.165) is 6.42 Å². The second-order valence-electron chi connectivity index (χ2n) is 2.00. The fourth-order valence-electron chi connectivity index (χ4n) is 0.745. The third-order valence-corrected chi connectivity index (χ3v) is 1.12. The standard InChI is InChI=1S/C7H9.2ClH.V/c1-6-3-4-7(2)5-6;;;/h3H,4H2,1-2H3;2*1H;/q-1;;;+2/p-2. The van der Waals surface area contributed by atoms with Crippen LogP contribution in [0.3, 0.4) is 0 Å². The zero-order valence-corrected chi connectivity index (χ0v) is 8.90. The summed E-state index contributed by atoms with van der Waals surface area (Å²) in [7, 11) is 0. The molecule has 10 heavy (non-hydrogen) atoms. The maximum Gasteiger partial charge on any atom is 2.00 e. The number of hydrogen-bond acceptors (Lipinski definition) is 0. The summed E-state index contributed by atoms with van der Waals surface area (Å²) in [4.78, 5) is 0. The number of halogens is 2. The molecule has 57 valence electrons. The van der Waals surface area contributed by atoms with Crippen LogP contribution in [0.1, 0.15) is 20.3 Å². The van der Waals surface area contributed by atoms with Gasteiger partial charge in [-0.25, -0.2) is 11.6 Å². The van der Waals surface area contributed by atoms with E-state index in [1.807, 2.05) is 0 Å². The molecule has 1 rings (SSSR count). The van der Waals surface area contributed by atoms with Crippen LogP contribution in [0.15, 0.2) is 17.2 Å². The first-order valence-corrected chi connectivity index (χ1v) is 2.55. The van der Waals surface area contributed by atoms with Crippen molar-refractivity contribution in [2.24, 2.45) is 0 Å². The Morgan fingerprint density at radius 2 is 1.80 bits per heavy atom. The Morgan fingerprint density at radius 1 is 1.30 bits per heavy atom. The van der Waals surface area contributed by atoms with Gasteiger partial charge in [-0.1, -0.05) is 20.3 Å². The van der Waals surface area contributed by atoms with Gasteiger partial charge in [-0.2, -0.15) is 5.57 Å². The molecule has 1 radical (unpaired) electrons. The van der Waals surface area contributed by atoms with Crippen molar-refractivity contribution in [3.05, 3.63) is 23.3 Å². The maximum absolute atomic E-state index is 3.19. The molecule has 0 aliphatic heterocycles. The molecule has 0 saturated heterocycles. The number of allylic oxidation sites excluding steroid dienone is 4. The minimum absolute atomic E-state index is 0. The molecule has 3 heteroatoms. The van der Waals surface area contributed by atoms with Crippen LogP contribution in [0, 0.1) is 6.08 Å². The number of hydrogen-bond donors (Lipinski definition) is 0. The largest absolute Gasteiger partial charge is 2.00 e. The zero-order chi connectivity index (χ0) is 5.28. The van der Waals surface area contributed by atoms with Crippen LogP contribution in [0.25, 0.3) is 0 Å². The van der Waals surface area contributed by atoms with Gasteiger partial charge in [-0.3, -0.25) is 6.08 Å². The molecular weight excluding hydrogens is 206 g/mol. The molecule has 0 nitrogen and oxygen atoms in total. The van der Waals surface area contributed by atoms with E-state index in [1.54, 1.807) is 0 Å². The van der Waals surface area contributed by atoms with Crippen molar-refractivity contribution >= 4 is 0 Å². The molecule has 0 aromatic carbocycles. The Kier molecular flexibility index (Phi) is 13.1. The molecule has 1 aliphatic carbocycles. The molecule has 0 fully saturated rings. The Labute approximate surface area is 86.9 Å². The minimum atomic E-state index is 0. The van der Waals surface area contributed by atoms with E-state index in [0.29, 0.717) is 0 Å². The van der Waals surface area contributed by atoms with Gasteiger partial charge < -0.3 is 24.8 Å². The van der Waals surface area contributed by atoms with Crippen molar-refractivity contribution in [3.8, 4) is 0 Å². The average Bonchev–Trinajstić information content (AvgIpc) is 1.87. The fraction of sp³-hybridized carbons (Fsp3) is 0.429. The quantitative estimate of drug-likeness (QED) is 0.362. The first-order valence-electron chi connectivity index (χ1n) is 2.55. The molecule has 0 bridgehead atoms. The predicted octanol–water partition coefficient (Wildman–Crippen LogP) is -3.91. The summed E-state index contributed by atoms with van der Waals surface area (Å²) in [6.07, 6.45) is 6.50. The Balaban J connectivity index is -0.000000163. The van der Waals surface area contributed by atoms with E-state index < -0.39 is 0 Å². The van der Waals surface area contributed by atoms with Crippen LogP contribution in [-0.4, -0.2) is 0 Å². The van der Waals surface area contributed by atoms with Crippen LogP contribution in [0.2, 0.25) is 0 Å². The van der Waals surface area contributed by atoms with Gasteiger partial charge in [0.25, 0.3) is 0 Å². The molecule has 0 amide bonds. The normalized spacial score (nSPS) is 13.4. The van der Waals surface area contributed by atoms with Gasteiger partial charge >= 0.3 is 18.6 Å². The molecule has 0 heterocycles. The summed E-state index contributed by atoms with van der Waals surface area (Å²) in [5.41, 5.74) is 2.65. The molecule has 0 N–H and O–H groups in total. The third-order valence-electron chi connectivity index (χ3n) is 1.12. The summed E-state index contributed by atoms with van der Waals surface area (Å²) >= 11 is 0. The Bertz CT molecular complexity index is 139.